The lowest BCUT2D eigenvalue weighted by Crippen LogP contribution is -2.24. The summed E-state index contributed by atoms with van der Waals surface area (Å²) >= 11 is 0. The van der Waals surface area contributed by atoms with Gasteiger partial charge in [0.25, 0.3) is 5.91 Å². The number of H-pyrrole nitrogens is 1. The Kier molecular flexibility index (Phi) is 2.96. The zero-order valence-electron chi connectivity index (χ0n) is 9.49. The van der Waals surface area contributed by atoms with E-state index in [-0.39, 0.29) is 16.0 Å². The van der Waals surface area contributed by atoms with E-state index >= 15 is 0 Å². The van der Waals surface area contributed by atoms with Crippen molar-refractivity contribution >= 4 is 32.9 Å². The molecule has 2 rings (SSSR count). The van der Waals surface area contributed by atoms with Crippen LogP contribution in [0.15, 0.2) is 28.3 Å². The first-order valence-corrected chi connectivity index (χ1v) is 6.47. The van der Waals surface area contributed by atoms with Crippen LogP contribution in [0, 0.1) is 0 Å². The molecule has 100 valence electrons. The number of nitrogens with one attached hydrogen (secondary N) is 1. The molecule has 9 nitrogen and oxygen atoms in total. The molecule has 19 heavy (non-hydrogen) atoms. The van der Waals surface area contributed by atoms with Gasteiger partial charge in [0.2, 0.25) is 10.0 Å². The molecule has 0 fully saturated rings. The first-order chi connectivity index (χ1) is 8.79. The lowest BCUT2D eigenvalue weighted by molar-refractivity contribution is 0.100. The van der Waals surface area contributed by atoms with Crippen molar-refractivity contribution < 1.29 is 13.2 Å². The monoisotopic (exact) mass is 282 g/mol. The number of benzene rings is 1. The van der Waals surface area contributed by atoms with E-state index in [0.717, 1.165) is 6.07 Å². The maximum Gasteiger partial charge on any atom is 0.282 e. The molecule has 0 aliphatic heterocycles. The average Bonchev–Trinajstić information content (AvgIpc) is 2.72. The van der Waals surface area contributed by atoms with Gasteiger partial charge >= 0.3 is 0 Å². The van der Waals surface area contributed by atoms with Crippen molar-refractivity contribution in [3.63, 3.8) is 0 Å². The molecule has 1 amide bonds. The standard InChI is InChI=1S/C9H10N6O3S/c10-9(11)15-8(16)5-1-4(19(12,17)18)2-6-7(5)14-3-13-6/h1-3H,(H,13,14)(H2,12,17,18)(H4,10,11,15,16). The highest BCUT2D eigenvalue weighted by atomic mass is 32.2. The number of carbonyl (C=O) groups excluding carboxylic acids is 1. The van der Waals surface area contributed by atoms with E-state index in [1.54, 1.807) is 0 Å². The van der Waals surface area contributed by atoms with E-state index in [2.05, 4.69) is 15.0 Å². The van der Waals surface area contributed by atoms with Gasteiger partial charge in [-0.15, -0.1) is 0 Å². The van der Waals surface area contributed by atoms with Crippen molar-refractivity contribution in [2.45, 2.75) is 4.90 Å². The number of aromatic amines is 1. The van der Waals surface area contributed by atoms with Crippen molar-refractivity contribution in [1.29, 1.82) is 0 Å². The highest BCUT2D eigenvalue weighted by Crippen LogP contribution is 2.21. The molecule has 7 N–H and O–H groups in total. The molecule has 0 unspecified atom stereocenters. The van der Waals surface area contributed by atoms with Gasteiger partial charge in [-0.05, 0) is 12.1 Å². The van der Waals surface area contributed by atoms with E-state index in [4.69, 9.17) is 16.6 Å². The van der Waals surface area contributed by atoms with E-state index < -0.39 is 21.9 Å². The lowest BCUT2D eigenvalue weighted by Gasteiger charge is -2.02. The summed E-state index contributed by atoms with van der Waals surface area (Å²) in [5.74, 6) is -1.24. The Labute approximate surface area is 107 Å². The molecule has 0 atom stereocenters. The van der Waals surface area contributed by atoms with E-state index in [1.807, 2.05) is 0 Å². The molecule has 0 bridgehead atoms. The first-order valence-electron chi connectivity index (χ1n) is 4.93. The molecule has 1 aromatic heterocycles. The Bertz CT molecular complexity index is 787. The number of sulfonamides is 1. The SMILES string of the molecule is NC(N)=NC(=O)c1cc(S(N)(=O)=O)cc2[nH]cnc12. The van der Waals surface area contributed by atoms with Crippen LogP contribution >= 0.6 is 0 Å². The molecule has 10 heteroatoms. The number of guanidine groups is 1. The quantitative estimate of drug-likeness (QED) is 0.390. The summed E-state index contributed by atoms with van der Waals surface area (Å²) in [6, 6.07) is 2.34. The average molecular weight is 282 g/mol. The number of rotatable bonds is 2. The third kappa shape index (κ3) is 2.53. The van der Waals surface area contributed by atoms with Gasteiger partial charge in [0, 0.05) is 0 Å². The molecule has 1 aromatic carbocycles. The van der Waals surface area contributed by atoms with Crippen molar-refractivity contribution in [2.24, 2.45) is 21.6 Å². The Morgan fingerprint density at radius 2 is 2.00 bits per heavy atom. The fourth-order valence-electron chi connectivity index (χ4n) is 1.53. The second-order valence-electron chi connectivity index (χ2n) is 3.66. The maximum absolute atomic E-state index is 11.8. The number of nitrogens with zero attached hydrogens (tertiary/aromatic N) is 2. The smallest absolute Gasteiger partial charge is 0.282 e. The van der Waals surface area contributed by atoms with Crippen LogP contribution in [0.2, 0.25) is 0 Å². The summed E-state index contributed by atoms with van der Waals surface area (Å²) in [7, 11) is -3.97. The largest absolute Gasteiger partial charge is 0.370 e. The molecule has 0 aliphatic carbocycles. The zero-order valence-corrected chi connectivity index (χ0v) is 10.3. The van der Waals surface area contributed by atoms with Crippen LogP contribution in [0.25, 0.3) is 11.0 Å². The van der Waals surface area contributed by atoms with Crippen molar-refractivity contribution in [3.05, 3.63) is 24.0 Å². The molecule has 0 spiro atoms. The molecule has 2 aromatic rings. The van der Waals surface area contributed by atoms with Gasteiger partial charge in [0.1, 0.15) is 5.52 Å². The minimum Gasteiger partial charge on any atom is -0.370 e. The topological polar surface area (TPSA) is 170 Å². The molecular formula is C9H10N6O3S. The Balaban J connectivity index is 2.75. The highest BCUT2D eigenvalue weighted by Gasteiger charge is 2.18. The number of aliphatic imine (C=N–C) groups is 1. The molecular weight excluding hydrogens is 272 g/mol. The number of hydrogen-bond acceptors (Lipinski definition) is 4. The van der Waals surface area contributed by atoms with Crippen molar-refractivity contribution in [1.82, 2.24) is 9.97 Å². The van der Waals surface area contributed by atoms with Crippen LogP contribution in [0.3, 0.4) is 0 Å². The molecule has 0 radical (unpaired) electrons. The fourth-order valence-corrected chi connectivity index (χ4v) is 2.09. The predicted molar refractivity (Wildman–Crippen MR) is 67.6 cm³/mol. The molecule has 0 aliphatic rings. The number of primary sulfonamides is 1. The fraction of sp³-hybridized carbons (Fsp3) is 0. The number of imidazole rings is 1. The van der Waals surface area contributed by atoms with Crippen molar-refractivity contribution in [3.8, 4) is 0 Å². The summed E-state index contributed by atoms with van der Waals surface area (Å²) in [5.41, 5.74) is 10.7. The van der Waals surface area contributed by atoms with Crippen LogP contribution in [0.5, 0.6) is 0 Å². The van der Waals surface area contributed by atoms with Crippen molar-refractivity contribution in [2.75, 3.05) is 0 Å². The van der Waals surface area contributed by atoms with Gasteiger partial charge in [-0.25, -0.2) is 18.5 Å². The summed E-state index contributed by atoms with van der Waals surface area (Å²) in [4.78, 5) is 21.5. The van der Waals surface area contributed by atoms with Gasteiger partial charge in [0.15, 0.2) is 5.96 Å². The first kappa shape index (κ1) is 13.0. The van der Waals surface area contributed by atoms with Crippen LogP contribution in [0.4, 0.5) is 0 Å². The summed E-state index contributed by atoms with van der Waals surface area (Å²) in [6.07, 6.45) is 1.31. The highest BCUT2D eigenvalue weighted by molar-refractivity contribution is 7.89. The second-order valence-corrected chi connectivity index (χ2v) is 5.22. The number of nitrogens with two attached hydrogens (primary N) is 3. The third-order valence-corrected chi connectivity index (χ3v) is 3.18. The maximum atomic E-state index is 11.8. The number of hydrogen-bond donors (Lipinski definition) is 4. The molecule has 1 heterocycles. The van der Waals surface area contributed by atoms with E-state index in [9.17, 15) is 13.2 Å². The Morgan fingerprint density at radius 1 is 1.32 bits per heavy atom. The third-order valence-electron chi connectivity index (χ3n) is 2.29. The van der Waals surface area contributed by atoms with E-state index in [0.29, 0.717) is 5.52 Å². The number of fused-ring (bicyclic) bond motifs is 1. The number of aromatic nitrogens is 2. The Hall–Kier alpha value is -2.46. The minimum absolute atomic E-state index is 0.0591. The predicted octanol–water partition coefficient (Wildman–Crippen LogP) is -1.38. The van der Waals surface area contributed by atoms with Gasteiger partial charge in [-0.2, -0.15) is 4.99 Å². The lowest BCUT2D eigenvalue weighted by atomic mass is 10.2. The minimum atomic E-state index is -3.97. The van der Waals surface area contributed by atoms with Gasteiger partial charge in [0.05, 0.1) is 22.3 Å². The normalized spacial score (nSPS) is 11.4. The van der Waals surface area contributed by atoms with Crippen LogP contribution in [-0.4, -0.2) is 30.3 Å². The molecule has 0 saturated heterocycles. The second kappa shape index (κ2) is 4.33. The van der Waals surface area contributed by atoms with Crippen LogP contribution in [-0.2, 0) is 10.0 Å². The number of carbonyl (C=O) groups is 1. The zero-order chi connectivity index (χ0) is 14.2. The summed E-state index contributed by atoms with van der Waals surface area (Å²) < 4.78 is 22.7. The van der Waals surface area contributed by atoms with Gasteiger partial charge in [-0.1, -0.05) is 0 Å². The van der Waals surface area contributed by atoms with E-state index in [1.165, 1.54) is 12.4 Å². The number of amides is 1. The van der Waals surface area contributed by atoms with Gasteiger partial charge < -0.3 is 16.5 Å². The molecule has 0 saturated carbocycles. The van der Waals surface area contributed by atoms with Crippen LogP contribution < -0.4 is 16.6 Å². The summed E-state index contributed by atoms with van der Waals surface area (Å²) in [5, 5.41) is 5.03. The summed E-state index contributed by atoms with van der Waals surface area (Å²) in [6.45, 7) is 0. The van der Waals surface area contributed by atoms with Gasteiger partial charge in [-0.3, -0.25) is 4.79 Å². The Morgan fingerprint density at radius 3 is 2.58 bits per heavy atom. The van der Waals surface area contributed by atoms with Crippen LogP contribution in [0.1, 0.15) is 10.4 Å².